The van der Waals surface area contributed by atoms with Gasteiger partial charge in [-0.25, -0.2) is 5.43 Å². The van der Waals surface area contributed by atoms with Crippen molar-refractivity contribution in [2.45, 2.75) is 37.8 Å². The lowest BCUT2D eigenvalue weighted by molar-refractivity contribution is -0.139. The van der Waals surface area contributed by atoms with Crippen LogP contribution in [0.1, 0.15) is 30.4 Å². The smallest absolute Gasteiger partial charge is 0.322 e. The molecule has 3 rings (SSSR count). The molecule has 1 saturated heterocycles. The zero-order chi connectivity index (χ0) is 14.3. The van der Waals surface area contributed by atoms with Gasteiger partial charge in [0.2, 0.25) is 5.91 Å². The lowest BCUT2D eigenvalue weighted by atomic mass is 9.86. The highest BCUT2D eigenvalue weighted by Crippen LogP contribution is 2.32. The van der Waals surface area contributed by atoms with Crippen LogP contribution in [0.15, 0.2) is 18.2 Å². The van der Waals surface area contributed by atoms with E-state index in [1.165, 1.54) is 0 Å². The van der Waals surface area contributed by atoms with Gasteiger partial charge in [-0.2, -0.15) is 0 Å². The van der Waals surface area contributed by atoms with Crippen molar-refractivity contribution in [1.29, 1.82) is 0 Å². The third-order valence-corrected chi connectivity index (χ3v) is 4.04. The molecule has 2 aliphatic rings. The Labute approximate surface area is 116 Å². The average molecular weight is 275 g/mol. The van der Waals surface area contributed by atoms with E-state index >= 15 is 0 Å². The number of carboxylic acids is 1. The molecule has 1 aromatic rings. The summed E-state index contributed by atoms with van der Waals surface area (Å²) in [5.41, 5.74) is 8.70. The molecule has 0 aliphatic carbocycles. The normalized spacial score (nSPS) is 28.9. The topological polar surface area (TPSA) is 90.5 Å². The Morgan fingerprint density at radius 1 is 1.30 bits per heavy atom. The first-order valence-corrected chi connectivity index (χ1v) is 6.73. The first-order valence-electron chi connectivity index (χ1n) is 6.73. The van der Waals surface area contributed by atoms with Crippen LogP contribution in [0, 0.1) is 0 Å². The molecule has 0 spiro atoms. The predicted molar refractivity (Wildman–Crippen MR) is 73.3 cm³/mol. The minimum Gasteiger partial charge on any atom is -0.480 e. The Bertz CT molecular complexity index is 573. The summed E-state index contributed by atoms with van der Waals surface area (Å²) in [5, 5.41) is 12.1. The molecule has 2 aliphatic heterocycles. The van der Waals surface area contributed by atoms with Crippen molar-refractivity contribution < 1.29 is 14.7 Å². The van der Waals surface area contributed by atoms with E-state index in [0.29, 0.717) is 12.8 Å². The van der Waals surface area contributed by atoms with Crippen LogP contribution in [0.25, 0.3) is 0 Å². The number of carboxylic acid groups (broad SMARTS) is 1. The summed E-state index contributed by atoms with van der Waals surface area (Å²) < 4.78 is 0. The maximum atomic E-state index is 11.4. The summed E-state index contributed by atoms with van der Waals surface area (Å²) >= 11 is 0. The Kier molecular flexibility index (Phi) is 3.19. The van der Waals surface area contributed by atoms with Gasteiger partial charge in [0.25, 0.3) is 0 Å². The Morgan fingerprint density at radius 3 is 2.85 bits per heavy atom. The van der Waals surface area contributed by atoms with E-state index in [1.807, 2.05) is 25.1 Å². The number of hydrogen-bond donors (Lipinski definition) is 4. The van der Waals surface area contributed by atoms with Crippen LogP contribution in [0.3, 0.4) is 0 Å². The number of hydrazine groups is 1. The first kappa shape index (κ1) is 13.1. The molecule has 1 amide bonds. The SMILES string of the molecule is CC1NNC(C(=O)O)C1c1ccc2c(c1)CCC(=O)N2. The van der Waals surface area contributed by atoms with Crippen LogP contribution in [-0.4, -0.2) is 29.1 Å². The molecule has 0 radical (unpaired) electrons. The fourth-order valence-electron chi connectivity index (χ4n) is 3.00. The second-order valence-corrected chi connectivity index (χ2v) is 5.38. The fourth-order valence-corrected chi connectivity index (χ4v) is 3.00. The lowest BCUT2D eigenvalue weighted by Gasteiger charge is -2.22. The predicted octanol–water partition coefficient (Wildman–Crippen LogP) is 0.604. The molecule has 20 heavy (non-hydrogen) atoms. The van der Waals surface area contributed by atoms with E-state index in [9.17, 15) is 14.7 Å². The van der Waals surface area contributed by atoms with Gasteiger partial charge in [0.1, 0.15) is 6.04 Å². The van der Waals surface area contributed by atoms with Crippen LogP contribution < -0.4 is 16.2 Å². The zero-order valence-corrected chi connectivity index (χ0v) is 11.1. The summed E-state index contributed by atoms with van der Waals surface area (Å²) in [6.07, 6.45) is 1.18. The second kappa shape index (κ2) is 4.88. The van der Waals surface area contributed by atoms with Gasteiger partial charge in [0.05, 0.1) is 0 Å². The third kappa shape index (κ3) is 2.17. The van der Waals surface area contributed by atoms with Crippen LogP contribution in [0.5, 0.6) is 0 Å². The zero-order valence-electron chi connectivity index (χ0n) is 11.1. The van der Waals surface area contributed by atoms with E-state index in [0.717, 1.165) is 16.8 Å². The standard InChI is InChI=1S/C14H17N3O3/c1-7-12(13(14(19)20)17-16-7)9-2-4-10-8(6-9)3-5-11(18)15-10/h2,4,6-7,12-13,16-17H,3,5H2,1H3,(H,15,18)(H,19,20). The van der Waals surface area contributed by atoms with Gasteiger partial charge in [-0.3, -0.25) is 15.0 Å². The van der Waals surface area contributed by atoms with Gasteiger partial charge in [0, 0.05) is 24.1 Å². The van der Waals surface area contributed by atoms with Crippen LogP contribution in [0.4, 0.5) is 5.69 Å². The Hall–Kier alpha value is -1.92. The van der Waals surface area contributed by atoms with Crippen molar-refractivity contribution in [3.05, 3.63) is 29.3 Å². The van der Waals surface area contributed by atoms with Crippen molar-refractivity contribution in [3.63, 3.8) is 0 Å². The Morgan fingerprint density at radius 2 is 2.10 bits per heavy atom. The number of carbonyl (C=O) groups excluding carboxylic acids is 1. The highest BCUT2D eigenvalue weighted by molar-refractivity contribution is 5.93. The second-order valence-electron chi connectivity index (χ2n) is 5.38. The molecule has 3 unspecified atom stereocenters. The van der Waals surface area contributed by atoms with E-state index in [4.69, 9.17) is 0 Å². The van der Waals surface area contributed by atoms with Gasteiger partial charge in [-0.15, -0.1) is 0 Å². The molecule has 3 atom stereocenters. The number of hydrogen-bond acceptors (Lipinski definition) is 4. The van der Waals surface area contributed by atoms with Gasteiger partial charge in [0.15, 0.2) is 0 Å². The van der Waals surface area contributed by atoms with Gasteiger partial charge < -0.3 is 10.4 Å². The molecule has 6 heteroatoms. The number of anilines is 1. The summed E-state index contributed by atoms with van der Waals surface area (Å²) in [6, 6.07) is 5.18. The van der Waals surface area contributed by atoms with E-state index in [2.05, 4.69) is 16.2 Å². The van der Waals surface area contributed by atoms with Crippen LogP contribution in [-0.2, 0) is 16.0 Å². The maximum absolute atomic E-state index is 11.4. The number of fused-ring (bicyclic) bond motifs is 1. The van der Waals surface area contributed by atoms with Crippen molar-refractivity contribution >= 4 is 17.6 Å². The molecule has 0 bridgehead atoms. The molecular weight excluding hydrogens is 258 g/mol. The molecular formula is C14H17N3O3. The van der Waals surface area contributed by atoms with Crippen LogP contribution >= 0.6 is 0 Å². The number of benzene rings is 1. The van der Waals surface area contributed by atoms with Crippen molar-refractivity contribution in [2.75, 3.05) is 5.32 Å². The number of amides is 1. The maximum Gasteiger partial charge on any atom is 0.322 e. The fraction of sp³-hybridized carbons (Fsp3) is 0.429. The number of aryl methyl sites for hydroxylation is 1. The van der Waals surface area contributed by atoms with Crippen molar-refractivity contribution in [3.8, 4) is 0 Å². The van der Waals surface area contributed by atoms with Gasteiger partial charge in [-0.1, -0.05) is 12.1 Å². The minimum absolute atomic E-state index is 0.0335. The molecule has 4 N–H and O–H groups in total. The monoisotopic (exact) mass is 275 g/mol. The van der Waals surface area contributed by atoms with E-state index < -0.39 is 12.0 Å². The number of rotatable bonds is 2. The number of nitrogens with one attached hydrogen (secondary N) is 3. The highest BCUT2D eigenvalue weighted by Gasteiger charge is 2.39. The Balaban J connectivity index is 1.94. The number of carbonyl (C=O) groups is 2. The first-order chi connectivity index (χ1) is 9.56. The minimum atomic E-state index is -0.863. The highest BCUT2D eigenvalue weighted by atomic mass is 16.4. The molecule has 2 heterocycles. The molecule has 1 aromatic carbocycles. The summed E-state index contributed by atoms with van der Waals surface area (Å²) in [7, 11) is 0. The number of aliphatic carboxylic acids is 1. The average Bonchev–Trinajstić information content (AvgIpc) is 2.80. The lowest BCUT2D eigenvalue weighted by Crippen LogP contribution is -2.38. The van der Waals surface area contributed by atoms with E-state index in [-0.39, 0.29) is 17.9 Å². The van der Waals surface area contributed by atoms with Crippen molar-refractivity contribution in [1.82, 2.24) is 10.9 Å². The van der Waals surface area contributed by atoms with Crippen molar-refractivity contribution in [2.24, 2.45) is 0 Å². The molecule has 0 aromatic heterocycles. The van der Waals surface area contributed by atoms with E-state index in [1.54, 1.807) is 0 Å². The summed E-state index contributed by atoms with van der Waals surface area (Å²) in [4.78, 5) is 22.7. The largest absolute Gasteiger partial charge is 0.480 e. The third-order valence-electron chi connectivity index (χ3n) is 4.04. The molecule has 1 fully saturated rings. The quantitative estimate of drug-likeness (QED) is 0.635. The van der Waals surface area contributed by atoms with Crippen LogP contribution in [0.2, 0.25) is 0 Å². The summed E-state index contributed by atoms with van der Waals surface area (Å²) in [6.45, 7) is 1.96. The van der Waals surface area contributed by atoms with Gasteiger partial charge in [-0.05, 0) is 30.5 Å². The molecule has 6 nitrogen and oxygen atoms in total. The molecule has 106 valence electrons. The molecule has 0 saturated carbocycles. The summed E-state index contributed by atoms with van der Waals surface area (Å²) in [5.74, 6) is -0.959. The van der Waals surface area contributed by atoms with Gasteiger partial charge >= 0.3 is 5.97 Å².